The van der Waals surface area contributed by atoms with Gasteiger partial charge in [0.25, 0.3) is 5.24 Å². The highest BCUT2D eigenvalue weighted by molar-refractivity contribution is 8.15. The molecule has 7 heteroatoms. The largest absolute Gasteiger partial charge is 0.395 e. The van der Waals surface area contributed by atoms with Crippen molar-refractivity contribution in [2.75, 3.05) is 24.6 Å². The Morgan fingerprint density at radius 1 is 1.39 bits per heavy atom. The monoisotopic (exact) mass is 336 g/mol. The van der Waals surface area contributed by atoms with Crippen LogP contribution in [0, 0.1) is 6.92 Å². The summed E-state index contributed by atoms with van der Waals surface area (Å²) in [5.41, 5.74) is 1.48. The van der Waals surface area contributed by atoms with Gasteiger partial charge in [-0.05, 0) is 43.3 Å². The van der Waals surface area contributed by atoms with E-state index in [0.29, 0.717) is 12.2 Å². The number of likely N-dealkylation sites (N-methyl/N-ethyl adjacent to an activating group) is 1. The van der Waals surface area contributed by atoms with Gasteiger partial charge in [-0.25, -0.2) is 4.90 Å². The normalized spacial score (nSPS) is 17.7. The van der Waals surface area contributed by atoms with E-state index in [9.17, 15) is 14.4 Å². The van der Waals surface area contributed by atoms with E-state index in [1.807, 2.05) is 13.0 Å². The molecule has 1 unspecified atom stereocenters. The van der Waals surface area contributed by atoms with Gasteiger partial charge < -0.3 is 10.0 Å². The molecular formula is C16H20N2O4S. The second-order valence-corrected chi connectivity index (χ2v) is 6.44. The Labute approximate surface area is 139 Å². The number of hydrogen-bond acceptors (Lipinski definition) is 5. The SMILES string of the molecule is CCN(CCO)C(=O)CC1SC(=O)N(c2cccc(C)c2)C1=O. The van der Waals surface area contributed by atoms with Crippen LogP contribution in [0.5, 0.6) is 0 Å². The fourth-order valence-corrected chi connectivity index (χ4v) is 3.43. The molecule has 2 rings (SSSR count). The summed E-state index contributed by atoms with van der Waals surface area (Å²) in [6, 6.07) is 7.15. The third kappa shape index (κ3) is 3.92. The van der Waals surface area contributed by atoms with E-state index in [4.69, 9.17) is 5.11 Å². The van der Waals surface area contributed by atoms with Crippen LogP contribution in [-0.4, -0.2) is 52.0 Å². The minimum atomic E-state index is -0.705. The van der Waals surface area contributed by atoms with Crippen molar-refractivity contribution in [3.05, 3.63) is 29.8 Å². The van der Waals surface area contributed by atoms with Crippen LogP contribution in [0.15, 0.2) is 24.3 Å². The standard InChI is InChI=1S/C16H20N2O4S/c1-3-17(7-8-19)14(20)10-13-15(21)18(16(22)23-13)12-6-4-5-11(2)9-12/h4-6,9,13,19H,3,7-8,10H2,1-2H3. The van der Waals surface area contributed by atoms with E-state index < -0.39 is 5.25 Å². The van der Waals surface area contributed by atoms with E-state index in [-0.39, 0.29) is 36.6 Å². The number of carbonyl (C=O) groups excluding carboxylic acids is 3. The number of nitrogens with zero attached hydrogens (tertiary/aromatic N) is 2. The fourth-order valence-electron chi connectivity index (χ4n) is 2.46. The van der Waals surface area contributed by atoms with Crippen LogP contribution in [0.4, 0.5) is 10.5 Å². The lowest BCUT2D eigenvalue weighted by Crippen LogP contribution is -2.37. The van der Waals surface area contributed by atoms with Crippen LogP contribution in [0.1, 0.15) is 18.9 Å². The van der Waals surface area contributed by atoms with Crippen LogP contribution in [-0.2, 0) is 9.59 Å². The molecule has 0 bridgehead atoms. The van der Waals surface area contributed by atoms with Gasteiger partial charge >= 0.3 is 0 Å². The van der Waals surface area contributed by atoms with Crippen molar-refractivity contribution in [1.82, 2.24) is 4.90 Å². The van der Waals surface area contributed by atoms with Gasteiger partial charge in [-0.3, -0.25) is 14.4 Å². The summed E-state index contributed by atoms with van der Waals surface area (Å²) in [6.45, 7) is 4.26. The average Bonchev–Trinajstić information content (AvgIpc) is 2.78. The van der Waals surface area contributed by atoms with Gasteiger partial charge in [-0.2, -0.15) is 0 Å². The minimum Gasteiger partial charge on any atom is -0.395 e. The van der Waals surface area contributed by atoms with Crippen molar-refractivity contribution in [2.24, 2.45) is 0 Å². The molecule has 0 aliphatic carbocycles. The molecule has 1 fully saturated rings. The lowest BCUT2D eigenvalue weighted by Gasteiger charge is -2.20. The van der Waals surface area contributed by atoms with Gasteiger partial charge in [0.1, 0.15) is 5.25 Å². The summed E-state index contributed by atoms with van der Waals surface area (Å²) in [4.78, 5) is 39.5. The molecule has 23 heavy (non-hydrogen) atoms. The molecule has 1 aliphatic heterocycles. The van der Waals surface area contributed by atoms with E-state index in [0.717, 1.165) is 22.2 Å². The Bertz CT molecular complexity index is 620. The van der Waals surface area contributed by atoms with E-state index in [2.05, 4.69) is 0 Å². The highest BCUT2D eigenvalue weighted by atomic mass is 32.2. The third-order valence-electron chi connectivity index (χ3n) is 3.65. The Morgan fingerprint density at radius 3 is 2.74 bits per heavy atom. The first-order chi connectivity index (χ1) is 11.0. The van der Waals surface area contributed by atoms with Crippen molar-refractivity contribution in [1.29, 1.82) is 0 Å². The highest BCUT2D eigenvalue weighted by Gasteiger charge is 2.42. The van der Waals surface area contributed by atoms with E-state index in [1.165, 1.54) is 4.90 Å². The number of aliphatic hydroxyl groups is 1. The smallest absolute Gasteiger partial charge is 0.293 e. The zero-order chi connectivity index (χ0) is 17.0. The van der Waals surface area contributed by atoms with E-state index >= 15 is 0 Å². The Kier molecular flexibility index (Phi) is 5.79. The Balaban J connectivity index is 2.11. The molecule has 0 radical (unpaired) electrons. The zero-order valence-electron chi connectivity index (χ0n) is 13.2. The number of amides is 3. The number of carbonyl (C=O) groups is 3. The van der Waals surface area contributed by atoms with Gasteiger partial charge in [0.15, 0.2) is 0 Å². The molecule has 3 amide bonds. The third-order valence-corrected chi connectivity index (χ3v) is 4.68. The molecule has 6 nitrogen and oxygen atoms in total. The second-order valence-electron chi connectivity index (χ2n) is 5.29. The average molecular weight is 336 g/mol. The fraction of sp³-hybridized carbons (Fsp3) is 0.438. The van der Waals surface area contributed by atoms with Crippen LogP contribution in [0.2, 0.25) is 0 Å². The number of aliphatic hydroxyl groups excluding tert-OH is 1. The molecule has 1 saturated heterocycles. The number of aryl methyl sites for hydroxylation is 1. The maximum atomic E-state index is 12.5. The van der Waals surface area contributed by atoms with Crippen molar-refractivity contribution in [2.45, 2.75) is 25.5 Å². The minimum absolute atomic E-state index is 0.0363. The number of rotatable bonds is 6. The summed E-state index contributed by atoms with van der Waals surface area (Å²) in [7, 11) is 0. The maximum Gasteiger partial charge on any atom is 0.293 e. The number of hydrogen-bond donors (Lipinski definition) is 1. The molecule has 1 atom stereocenters. The molecule has 0 spiro atoms. The lowest BCUT2D eigenvalue weighted by molar-refractivity contribution is -0.133. The van der Waals surface area contributed by atoms with Crippen LogP contribution in [0.3, 0.4) is 0 Å². The summed E-state index contributed by atoms with van der Waals surface area (Å²) >= 11 is 0.884. The van der Waals surface area contributed by atoms with Crippen molar-refractivity contribution < 1.29 is 19.5 Å². The Hall–Kier alpha value is -1.86. The first-order valence-corrected chi connectivity index (χ1v) is 8.35. The summed E-state index contributed by atoms with van der Waals surface area (Å²) in [5.74, 6) is -0.592. The molecule has 1 aromatic carbocycles. The first kappa shape index (κ1) is 17.5. The van der Waals surface area contributed by atoms with Crippen molar-refractivity contribution in [3.8, 4) is 0 Å². The molecule has 1 N–H and O–H groups in total. The number of benzene rings is 1. The predicted octanol–water partition coefficient (Wildman–Crippen LogP) is 1.79. The van der Waals surface area contributed by atoms with Gasteiger partial charge in [0, 0.05) is 19.5 Å². The summed E-state index contributed by atoms with van der Waals surface area (Å²) in [5, 5.41) is 7.90. The highest BCUT2D eigenvalue weighted by Crippen LogP contribution is 2.33. The molecule has 0 aromatic heterocycles. The molecule has 124 valence electrons. The van der Waals surface area contributed by atoms with Gasteiger partial charge in [0.2, 0.25) is 11.8 Å². The van der Waals surface area contributed by atoms with Crippen molar-refractivity contribution >= 4 is 34.5 Å². The predicted molar refractivity (Wildman–Crippen MR) is 89.4 cm³/mol. The van der Waals surface area contributed by atoms with Gasteiger partial charge in [-0.15, -0.1) is 0 Å². The number of thioether (sulfide) groups is 1. The van der Waals surface area contributed by atoms with Gasteiger partial charge in [-0.1, -0.05) is 12.1 Å². The number of anilines is 1. The quantitative estimate of drug-likeness (QED) is 0.857. The summed E-state index contributed by atoms with van der Waals surface area (Å²) < 4.78 is 0. The topological polar surface area (TPSA) is 77.9 Å². The molecular weight excluding hydrogens is 316 g/mol. The van der Waals surface area contributed by atoms with Crippen LogP contribution >= 0.6 is 11.8 Å². The van der Waals surface area contributed by atoms with Crippen LogP contribution in [0.25, 0.3) is 0 Å². The Morgan fingerprint density at radius 2 is 2.13 bits per heavy atom. The van der Waals surface area contributed by atoms with Crippen LogP contribution < -0.4 is 4.90 Å². The molecule has 0 saturated carbocycles. The first-order valence-electron chi connectivity index (χ1n) is 7.47. The molecule has 1 aliphatic rings. The summed E-state index contributed by atoms with van der Waals surface area (Å²) in [6.07, 6.45) is -0.0363. The molecule has 1 heterocycles. The second kappa shape index (κ2) is 7.61. The zero-order valence-corrected chi connectivity index (χ0v) is 14.0. The van der Waals surface area contributed by atoms with E-state index in [1.54, 1.807) is 25.1 Å². The maximum absolute atomic E-state index is 12.5. The number of imide groups is 1. The lowest BCUT2D eigenvalue weighted by atomic mass is 10.2. The molecule has 1 aromatic rings. The van der Waals surface area contributed by atoms with Gasteiger partial charge in [0.05, 0.1) is 12.3 Å². The van der Waals surface area contributed by atoms with Crippen molar-refractivity contribution in [3.63, 3.8) is 0 Å².